The minimum absolute atomic E-state index is 0.261. The van der Waals surface area contributed by atoms with Crippen molar-refractivity contribution in [2.75, 3.05) is 20.2 Å². The standard InChI is InChI=1S/C22H23N3O2/c1-27-22-19(5-3-9-24-22)15-25-11-8-18(14-25)16-7-10-23-21(13-16)17-4-2-6-20(26)12-17/h2-7,9-10,12-13,18,26H,8,11,14-15H2,1H3/t18-/m1/s1. The Morgan fingerprint density at radius 2 is 2.04 bits per heavy atom. The fourth-order valence-corrected chi connectivity index (χ4v) is 3.74. The van der Waals surface area contributed by atoms with E-state index >= 15 is 0 Å². The fraction of sp³-hybridized carbons (Fsp3) is 0.273. The van der Waals surface area contributed by atoms with Crippen LogP contribution in [0.15, 0.2) is 60.9 Å². The van der Waals surface area contributed by atoms with Gasteiger partial charge < -0.3 is 9.84 Å². The summed E-state index contributed by atoms with van der Waals surface area (Å²) in [6, 6.07) is 15.5. The largest absolute Gasteiger partial charge is 0.508 e. The average molecular weight is 361 g/mol. The van der Waals surface area contributed by atoms with Crippen LogP contribution < -0.4 is 4.74 Å². The molecule has 5 heteroatoms. The predicted molar refractivity (Wildman–Crippen MR) is 105 cm³/mol. The summed E-state index contributed by atoms with van der Waals surface area (Å²) >= 11 is 0. The van der Waals surface area contributed by atoms with Gasteiger partial charge in [-0.3, -0.25) is 9.88 Å². The van der Waals surface area contributed by atoms with Gasteiger partial charge in [-0.1, -0.05) is 18.2 Å². The van der Waals surface area contributed by atoms with Gasteiger partial charge in [0.15, 0.2) is 0 Å². The number of hydrogen-bond acceptors (Lipinski definition) is 5. The van der Waals surface area contributed by atoms with Crippen molar-refractivity contribution in [1.29, 1.82) is 0 Å². The maximum Gasteiger partial charge on any atom is 0.217 e. The molecule has 3 aromatic rings. The Kier molecular flexibility index (Phi) is 5.03. The number of rotatable bonds is 5. The van der Waals surface area contributed by atoms with Crippen molar-refractivity contribution in [3.05, 3.63) is 72.1 Å². The Bertz CT molecular complexity index is 929. The molecule has 0 aliphatic carbocycles. The molecule has 0 spiro atoms. The highest BCUT2D eigenvalue weighted by Crippen LogP contribution is 2.31. The maximum atomic E-state index is 9.72. The van der Waals surface area contributed by atoms with Crippen molar-refractivity contribution in [1.82, 2.24) is 14.9 Å². The van der Waals surface area contributed by atoms with E-state index in [1.807, 2.05) is 24.4 Å². The molecule has 3 heterocycles. The summed E-state index contributed by atoms with van der Waals surface area (Å²) < 4.78 is 5.37. The zero-order chi connectivity index (χ0) is 18.6. The molecule has 0 unspecified atom stereocenters. The number of benzene rings is 1. The smallest absolute Gasteiger partial charge is 0.217 e. The van der Waals surface area contributed by atoms with Gasteiger partial charge in [0.2, 0.25) is 5.88 Å². The van der Waals surface area contributed by atoms with Crippen LogP contribution in [0.4, 0.5) is 0 Å². The lowest BCUT2D eigenvalue weighted by atomic mass is 9.97. The Hall–Kier alpha value is -2.92. The van der Waals surface area contributed by atoms with E-state index in [-0.39, 0.29) is 5.75 Å². The Balaban J connectivity index is 1.48. The molecule has 1 aliphatic rings. The number of pyridine rings is 2. The third-order valence-electron chi connectivity index (χ3n) is 5.11. The number of phenolic OH excluding ortho intramolecular Hbond substituents is 1. The van der Waals surface area contributed by atoms with E-state index in [1.165, 1.54) is 5.56 Å². The van der Waals surface area contributed by atoms with Gasteiger partial charge in [-0.15, -0.1) is 0 Å². The van der Waals surface area contributed by atoms with Crippen LogP contribution in [-0.4, -0.2) is 40.2 Å². The molecular formula is C22H23N3O2. The van der Waals surface area contributed by atoms with Crippen LogP contribution >= 0.6 is 0 Å². The first kappa shape index (κ1) is 17.5. The molecule has 27 heavy (non-hydrogen) atoms. The Labute approximate surface area is 159 Å². The van der Waals surface area contributed by atoms with Gasteiger partial charge in [0.1, 0.15) is 5.75 Å². The zero-order valence-electron chi connectivity index (χ0n) is 15.4. The lowest BCUT2D eigenvalue weighted by Crippen LogP contribution is -2.20. The predicted octanol–water partition coefficient (Wildman–Crippen LogP) is 3.85. The fourth-order valence-electron chi connectivity index (χ4n) is 3.74. The molecule has 1 fully saturated rings. The summed E-state index contributed by atoms with van der Waals surface area (Å²) in [5.74, 6) is 1.44. The summed E-state index contributed by atoms with van der Waals surface area (Å²) in [5, 5.41) is 9.72. The zero-order valence-corrected chi connectivity index (χ0v) is 15.4. The average Bonchev–Trinajstić information content (AvgIpc) is 3.17. The van der Waals surface area contributed by atoms with Crippen LogP contribution in [-0.2, 0) is 6.54 Å². The Morgan fingerprint density at radius 3 is 2.89 bits per heavy atom. The first-order valence-corrected chi connectivity index (χ1v) is 9.18. The van der Waals surface area contributed by atoms with E-state index < -0.39 is 0 Å². The number of aromatic nitrogens is 2. The summed E-state index contributed by atoms with van der Waals surface area (Å²) in [7, 11) is 1.67. The number of phenols is 1. The van der Waals surface area contributed by atoms with E-state index in [0.29, 0.717) is 11.8 Å². The van der Waals surface area contributed by atoms with Gasteiger partial charge in [-0.25, -0.2) is 4.98 Å². The number of hydrogen-bond donors (Lipinski definition) is 1. The van der Waals surface area contributed by atoms with Crippen LogP contribution in [0, 0.1) is 0 Å². The third-order valence-corrected chi connectivity index (χ3v) is 5.11. The van der Waals surface area contributed by atoms with Crippen LogP contribution in [0.1, 0.15) is 23.5 Å². The molecule has 0 amide bonds. The second-order valence-electron chi connectivity index (χ2n) is 6.92. The maximum absolute atomic E-state index is 9.72. The van der Waals surface area contributed by atoms with Crippen molar-refractivity contribution < 1.29 is 9.84 Å². The SMILES string of the molecule is COc1ncccc1CN1CC[C@@H](c2ccnc(-c3cccc(O)c3)c2)C1. The van der Waals surface area contributed by atoms with Crippen molar-refractivity contribution >= 4 is 0 Å². The lowest BCUT2D eigenvalue weighted by molar-refractivity contribution is 0.314. The number of nitrogens with zero attached hydrogens (tertiary/aromatic N) is 3. The molecule has 0 radical (unpaired) electrons. The molecule has 0 bridgehead atoms. The van der Waals surface area contributed by atoms with Gasteiger partial charge in [-0.05, 0) is 54.8 Å². The summed E-state index contributed by atoms with van der Waals surface area (Å²) in [6.07, 6.45) is 4.74. The molecular weight excluding hydrogens is 338 g/mol. The highest BCUT2D eigenvalue weighted by molar-refractivity contribution is 5.61. The highest BCUT2D eigenvalue weighted by atomic mass is 16.5. The van der Waals surface area contributed by atoms with E-state index in [4.69, 9.17) is 4.74 Å². The quantitative estimate of drug-likeness (QED) is 0.748. The normalized spacial score (nSPS) is 17.1. The van der Waals surface area contributed by atoms with Gasteiger partial charge in [-0.2, -0.15) is 0 Å². The Morgan fingerprint density at radius 1 is 1.11 bits per heavy atom. The molecule has 0 saturated carbocycles. The summed E-state index contributed by atoms with van der Waals surface area (Å²) in [5.41, 5.74) is 4.25. The van der Waals surface area contributed by atoms with E-state index in [1.54, 1.807) is 25.4 Å². The van der Waals surface area contributed by atoms with Gasteiger partial charge in [0, 0.05) is 36.6 Å². The minimum Gasteiger partial charge on any atom is -0.508 e. The number of aromatic hydroxyl groups is 1. The van der Waals surface area contributed by atoms with Crippen LogP contribution in [0.25, 0.3) is 11.3 Å². The second-order valence-corrected chi connectivity index (χ2v) is 6.92. The van der Waals surface area contributed by atoms with Crippen molar-refractivity contribution in [3.63, 3.8) is 0 Å². The van der Waals surface area contributed by atoms with Crippen LogP contribution in [0.5, 0.6) is 11.6 Å². The monoisotopic (exact) mass is 361 g/mol. The molecule has 1 atom stereocenters. The molecule has 5 nitrogen and oxygen atoms in total. The van der Waals surface area contributed by atoms with E-state index in [2.05, 4.69) is 33.1 Å². The first-order chi connectivity index (χ1) is 13.2. The number of likely N-dealkylation sites (tertiary alicyclic amines) is 1. The second kappa shape index (κ2) is 7.76. The van der Waals surface area contributed by atoms with Gasteiger partial charge in [0.25, 0.3) is 0 Å². The molecule has 1 saturated heterocycles. The number of methoxy groups -OCH3 is 1. The van der Waals surface area contributed by atoms with Gasteiger partial charge in [0.05, 0.1) is 12.8 Å². The van der Waals surface area contributed by atoms with Crippen LogP contribution in [0.2, 0.25) is 0 Å². The summed E-state index contributed by atoms with van der Waals surface area (Å²) in [4.78, 5) is 11.2. The van der Waals surface area contributed by atoms with Crippen molar-refractivity contribution in [3.8, 4) is 22.9 Å². The number of ether oxygens (including phenoxy) is 1. The van der Waals surface area contributed by atoms with Crippen molar-refractivity contribution in [2.45, 2.75) is 18.9 Å². The van der Waals surface area contributed by atoms with E-state index in [0.717, 1.165) is 42.9 Å². The summed E-state index contributed by atoms with van der Waals surface area (Å²) in [6.45, 7) is 2.89. The van der Waals surface area contributed by atoms with E-state index in [9.17, 15) is 5.11 Å². The topological polar surface area (TPSA) is 58.5 Å². The molecule has 4 rings (SSSR count). The van der Waals surface area contributed by atoms with Crippen LogP contribution in [0.3, 0.4) is 0 Å². The van der Waals surface area contributed by atoms with Gasteiger partial charge >= 0.3 is 0 Å². The molecule has 138 valence electrons. The lowest BCUT2D eigenvalue weighted by Gasteiger charge is -2.17. The molecule has 2 aromatic heterocycles. The minimum atomic E-state index is 0.261. The highest BCUT2D eigenvalue weighted by Gasteiger charge is 2.25. The third kappa shape index (κ3) is 3.93. The first-order valence-electron chi connectivity index (χ1n) is 9.18. The molecule has 1 N–H and O–H groups in total. The van der Waals surface area contributed by atoms with Crippen molar-refractivity contribution in [2.24, 2.45) is 0 Å². The molecule has 1 aliphatic heterocycles. The molecule has 1 aromatic carbocycles.